The molecular weight excluding hydrogens is 334 g/mol. The van der Waals surface area contributed by atoms with Gasteiger partial charge < -0.3 is 24.2 Å². The molecule has 1 aliphatic rings. The average molecular weight is 359 g/mol. The molecule has 140 valence electrons. The first kappa shape index (κ1) is 18.1. The maximum atomic E-state index is 12.8. The lowest BCUT2D eigenvalue weighted by atomic mass is 10.1. The number of urea groups is 1. The fourth-order valence-electron chi connectivity index (χ4n) is 3.24. The largest absolute Gasteiger partial charge is 0.497 e. The van der Waals surface area contributed by atoms with Gasteiger partial charge in [-0.1, -0.05) is 12.1 Å². The van der Waals surface area contributed by atoms with Crippen LogP contribution < -0.4 is 14.8 Å². The van der Waals surface area contributed by atoms with Crippen LogP contribution in [-0.4, -0.2) is 36.9 Å². The van der Waals surface area contributed by atoms with Gasteiger partial charge in [-0.15, -0.1) is 0 Å². The van der Waals surface area contributed by atoms with E-state index < -0.39 is 0 Å². The van der Waals surface area contributed by atoms with Crippen molar-refractivity contribution in [3.63, 3.8) is 0 Å². The summed E-state index contributed by atoms with van der Waals surface area (Å²) in [6.07, 6.45) is 3.68. The third-order valence-electron chi connectivity index (χ3n) is 4.53. The van der Waals surface area contributed by atoms with Gasteiger partial charge in [0.15, 0.2) is 0 Å². The smallest absolute Gasteiger partial charge is 0.322 e. The second-order valence-electron chi connectivity index (χ2n) is 6.35. The molecule has 7 nitrogen and oxygen atoms in total. The monoisotopic (exact) mass is 359 g/mol. The van der Waals surface area contributed by atoms with Gasteiger partial charge in [0.2, 0.25) is 0 Å². The van der Waals surface area contributed by atoms with Crippen LogP contribution in [0.3, 0.4) is 0 Å². The Kier molecular flexibility index (Phi) is 5.65. The van der Waals surface area contributed by atoms with Crippen molar-refractivity contribution in [2.24, 2.45) is 0 Å². The predicted molar refractivity (Wildman–Crippen MR) is 97.7 cm³/mol. The molecule has 1 aromatic carbocycles. The summed E-state index contributed by atoms with van der Waals surface area (Å²) in [6.45, 7) is 2.79. The van der Waals surface area contributed by atoms with Gasteiger partial charge in [0, 0.05) is 42.9 Å². The van der Waals surface area contributed by atoms with E-state index in [1.807, 2.05) is 6.07 Å². The molecule has 3 rings (SSSR count). The number of hydrogen-bond acceptors (Lipinski definition) is 5. The normalized spacial score (nSPS) is 16.6. The van der Waals surface area contributed by atoms with E-state index in [1.165, 1.54) is 0 Å². The van der Waals surface area contributed by atoms with Crippen molar-refractivity contribution in [3.8, 4) is 11.5 Å². The van der Waals surface area contributed by atoms with Crippen LogP contribution in [0.4, 0.5) is 10.5 Å². The van der Waals surface area contributed by atoms with Crippen LogP contribution in [0.5, 0.6) is 11.5 Å². The summed E-state index contributed by atoms with van der Waals surface area (Å²) in [4.78, 5) is 14.6. The number of rotatable bonds is 6. The van der Waals surface area contributed by atoms with Crippen molar-refractivity contribution in [1.82, 2.24) is 10.1 Å². The highest BCUT2D eigenvalue weighted by Gasteiger charge is 2.32. The van der Waals surface area contributed by atoms with E-state index in [0.717, 1.165) is 37.1 Å². The average Bonchev–Trinajstić information content (AvgIpc) is 3.30. The highest BCUT2D eigenvalue weighted by Crippen LogP contribution is 2.33. The molecule has 1 aliphatic heterocycles. The highest BCUT2D eigenvalue weighted by molar-refractivity contribution is 5.90. The van der Waals surface area contributed by atoms with E-state index in [4.69, 9.17) is 14.0 Å². The van der Waals surface area contributed by atoms with Gasteiger partial charge in [0.25, 0.3) is 0 Å². The number of anilines is 1. The zero-order valence-corrected chi connectivity index (χ0v) is 15.4. The maximum Gasteiger partial charge on any atom is 0.322 e. The van der Waals surface area contributed by atoms with Crippen molar-refractivity contribution in [2.75, 3.05) is 26.1 Å². The van der Waals surface area contributed by atoms with Crippen LogP contribution in [0.2, 0.25) is 0 Å². The van der Waals surface area contributed by atoms with Crippen molar-refractivity contribution < 1.29 is 18.8 Å². The van der Waals surface area contributed by atoms with Crippen molar-refractivity contribution in [1.29, 1.82) is 0 Å². The van der Waals surface area contributed by atoms with Crippen molar-refractivity contribution >= 4 is 11.7 Å². The number of aromatic nitrogens is 1. The lowest BCUT2D eigenvalue weighted by molar-refractivity contribution is 0.204. The molecule has 0 bridgehead atoms. The van der Waals surface area contributed by atoms with Gasteiger partial charge in [0.05, 0.1) is 20.3 Å². The van der Waals surface area contributed by atoms with Crippen LogP contribution in [0.1, 0.15) is 43.7 Å². The summed E-state index contributed by atoms with van der Waals surface area (Å²) in [6, 6.07) is 7.04. The van der Waals surface area contributed by atoms with Gasteiger partial charge in [0.1, 0.15) is 23.0 Å². The molecule has 0 unspecified atom stereocenters. The fraction of sp³-hybridized carbons (Fsp3) is 0.474. The van der Waals surface area contributed by atoms with Crippen LogP contribution >= 0.6 is 0 Å². The Morgan fingerprint density at radius 3 is 2.65 bits per heavy atom. The molecule has 26 heavy (non-hydrogen) atoms. The topological polar surface area (TPSA) is 76.8 Å². The molecule has 1 N–H and O–H groups in total. The van der Waals surface area contributed by atoms with E-state index in [2.05, 4.69) is 17.4 Å². The van der Waals surface area contributed by atoms with Gasteiger partial charge in [-0.2, -0.15) is 0 Å². The van der Waals surface area contributed by atoms with Crippen molar-refractivity contribution in [2.45, 2.75) is 38.6 Å². The number of likely N-dealkylation sites (tertiary alicyclic amines) is 1. The van der Waals surface area contributed by atoms with Crippen LogP contribution in [-0.2, 0) is 6.42 Å². The quantitative estimate of drug-likeness (QED) is 0.843. The van der Waals surface area contributed by atoms with Gasteiger partial charge >= 0.3 is 6.03 Å². The standard InChI is InChI=1S/C19H25N3O4/c1-4-6-14-12-17(21-26-14)18-7-5-8-22(18)19(23)20-13-9-15(24-2)11-16(10-13)25-3/h9-12,18H,4-8H2,1-3H3,(H,20,23)/t18-/m1/s1. The number of hydrogen-bond donors (Lipinski definition) is 1. The second-order valence-corrected chi connectivity index (χ2v) is 6.35. The number of ether oxygens (including phenoxy) is 2. The Morgan fingerprint density at radius 2 is 2.00 bits per heavy atom. The molecule has 1 fully saturated rings. The summed E-state index contributed by atoms with van der Waals surface area (Å²) in [5.41, 5.74) is 1.45. The molecule has 2 amide bonds. The minimum atomic E-state index is -0.164. The minimum Gasteiger partial charge on any atom is -0.497 e. The second kappa shape index (κ2) is 8.12. The number of amides is 2. The zero-order chi connectivity index (χ0) is 18.5. The Hall–Kier alpha value is -2.70. The Morgan fingerprint density at radius 1 is 1.27 bits per heavy atom. The van der Waals surface area contributed by atoms with E-state index in [0.29, 0.717) is 23.7 Å². The molecule has 1 atom stereocenters. The SMILES string of the molecule is CCCc1cc([C@H]2CCCN2C(=O)Nc2cc(OC)cc(OC)c2)no1. The molecule has 2 aromatic rings. The van der Waals surface area contributed by atoms with Crippen LogP contribution in [0.15, 0.2) is 28.8 Å². The Balaban J connectivity index is 1.74. The summed E-state index contributed by atoms with van der Waals surface area (Å²) in [7, 11) is 3.16. The van der Waals surface area contributed by atoms with Gasteiger partial charge in [-0.25, -0.2) is 4.79 Å². The highest BCUT2D eigenvalue weighted by atomic mass is 16.5. The Bertz CT molecular complexity index is 737. The third kappa shape index (κ3) is 3.92. The lowest BCUT2D eigenvalue weighted by Crippen LogP contribution is -2.34. The first-order valence-corrected chi connectivity index (χ1v) is 8.90. The molecule has 7 heteroatoms. The molecule has 0 radical (unpaired) electrons. The minimum absolute atomic E-state index is 0.0585. The lowest BCUT2D eigenvalue weighted by Gasteiger charge is -2.23. The van der Waals surface area contributed by atoms with Crippen molar-refractivity contribution in [3.05, 3.63) is 35.7 Å². The van der Waals surface area contributed by atoms with E-state index in [-0.39, 0.29) is 12.1 Å². The van der Waals surface area contributed by atoms with E-state index in [9.17, 15) is 4.79 Å². The first-order chi connectivity index (χ1) is 12.6. The first-order valence-electron chi connectivity index (χ1n) is 8.90. The van der Waals surface area contributed by atoms with Crippen LogP contribution in [0.25, 0.3) is 0 Å². The maximum absolute atomic E-state index is 12.8. The van der Waals surface area contributed by atoms with Crippen LogP contribution in [0, 0.1) is 0 Å². The molecule has 0 spiro atoms. The molecule has 2 heterocycles. The van der Waals surface area contributed by atoms with Gasteiger partial charge in [-0.3, -0.25) is 0 Å². The predicted octanol–water partition coefficient (Wildman–Crippen LogP) is 4.01. The summed E-state index contributed by atoms with van der Waals surface area (Å²) >= 11 is 0. The van der Waals surface area contributed by atoms with E-state index in [1.54, 1.807) is 37.3 Å². The number of benzene rings is 1. The van der Waals surface area contributed by atoms with Gasteiger partial charge in [-0.05, 0) is 19.3 Å². The number of nitrogens with one attached hydrogen (secondary N) is 1. The summed E-state index contributed by atoms with van der Waals surface area (Å²) < 4.78 is 15.9. The molecule has 1 saturated heterocycles. The molecule has 0 saturated carbocycles. The number of carbonyl (C=O) groups excluding carboxylic acids is 1. The van der Waals surface area contributed by atoms with E-state index >= 15 is 0 Å². The number of nitrogens with zero attached hydrogens (tertiary/aromatic N) is 2. The number of aryl methyl sites for hydroxylation is 1. The molecule has 0 aliphatic carbocycles. The summed E-state index contributed by atoms with van der Waals surface area (Å²) in [5.74, 6) is 2.11. The number of carbonyl (C=O) groups is 1. The fourth-order valence-corrected chi connectivity index (χ4v) is 3.24. The third-order valence-corrected chi connectivity index (χ3v) is 4.53. The zero-order valence-electron chi connectivity index (χ0n) is 15.4. The Labute approximate surface area is 153 Å². The summed E-state index contributed by atoms with van der Waals surface area (Å²) in [5, 5.41) is 7.11. The number of methoxy groups -OCH3 is 2. The molecular formula is C19H25N3O4. The molecule has 1 aromatic heterocycles.